The van der Waals surface area contributed by atoms with Crippen molar-refractivity contribution in [3.8, 4) is 10.4 Å². The van der Waals surface area contributed by atoms with Crippen molar-refractivity contribution in [2.75, 3.05) is 11.6 Å². The number of carboxylic acids is 1. The molecule has 0 radical (unpaired) electrons. The SMILES string of the molecule is O=C(O)c1sc(-c2ccc(F)cc2)cc1N1C(C2CCCCC2)CCC[N+]1=O. The van der Waals surface area contributed by atoms with Crippen LogP contribution in [0.4, 0.5) is 10.1 Å². The molecule has 1 saturated carbocycles. The Morgan fingerprint density at radius 3 is 2.50 bits per heavy atom. The van der Waals surface area contributed by atoms with Gasteiger partial charge in [-0.15, -0.1) is 16.3 Å². The van der Waals surface area contributed by atoms with Gasteiger partial charge in [0.25, 0.3) is 0 Å². The lowest BCUT2D eigenvalue weighted by molar-refractivity contribution is -0.577. The van der Waals surface area contributed by atoms with E-state index in [4.69, 9.17) is 0 Å². The molecule has 1 aromatic heterocycles. The summed E-state index contributed by atoms with van der Waals surface area (Å²) >= 11 is 1.14. The van der Waals surface area contributed by atoms with E-state index >= 15 is 0 Å². The molecule has 1 atom stereocenters. The van der Waals surface area contributed by atoms with Crippen LogP contribution in [0.5, 0.6) is 0 Å². The standard InChI is InChI=1S/C21H23FN2O3S/c22-16-10-8-15(9-11-16)19-13-18(20(28-19)21(25)26)24-17(7-4-12-23(24)27)14-5-2-1-3-6-14/h8-11,13-14,17H,1-7,12H2/p+1. The first-order valence-electron chi connectivity index (χ1n) is 9.91. The van der Waals surface area contributed by atoms with E-state index in [-0.39, 0.29) is 16.7 Å². The minimum absolute atomic E-state index is 0.0420. The number of thiophene rings is 1. The highest BCUT2D eigenvalue weighted by atomic mass is 32.1. The zero-order chi connectivity index (χ0) is 19.7. The maximum absolute atomic E-state index is 13.3. The van der Waals surface area contributed by atoms with Crippen molar-refractivity contribution >= 4 is 23.0 Å². The molecule has 2 fully saturated rings. The van der Waals surface area contributed by atoms with Gasteiger partial charge in [-0.3, -0.25) is 0 Å². The van der Waals surface area contributed by atoms with Crippen molar-refractivity contribution in [1.29, 1.82) is 0 Å². The molecule has 0 amide bonds. The second-order valence-electron chi connectivity index (χ2n) is 7.67. The maximum atomic E-state index is 13.3. The van der Waals surface area contributed by atoms with E-state index in [0.717, 1.165) is 52.3 Å². The van der Waals surface area contributed by atoms with E-state index in [1.807, 2.05) is 0 Å². The van der Waals surface area contributed by atoms with E-state index in [1.165, 1.54) is 31.4 Å². The van der Waals surface area contributed by atoms with Crippen molar-refractivity contribution in [3.63, 3.8) is 0 Å². The molecule has 7 heteroatoms. The highest BCUT2D eigenvalue weighted by molar-refractivity contribution is 7.18. The Hall–Kier alpha value is -2.28. The predicted molar refractivity (Wildman–Crippen MR) is 107 cm³/mol. The van der Waals surface area contributed by atoms with Gasteiger partial charge in [0.05, 0.1) is 10.9 Å². The Bertz CT molecular complexity index is 874. The molecular formula is C21H24FN2O3S+. The second-order valence-corrected chi connectivity index (χ2v) is 8.72. The summed E-state index contributed by atoms with van der Waals surface area (Å²) < 4.78 is 13.3. The average molecular weight is 403 g/mol. The molecule has 1 saturated heterocycles. The van der Waals surface area contributed by atoms with Crippen molar-refractivity contribution in [2.45, 2.75) is 51.0 Å². The third kappa shape index (κ3) is 3.68. The van der Waals surface area contributed by atoms with Crippen LogP contribution in [0.2, 0.25) is 0 Å². The minimum Gasteiger partial charge on any atom is -0.477 e. The smallest absolute Gasteiger partial charge is 0.348 e. The van der Waals surface area contributed by atoms with Crippen LogP contribution in [0.3, 0.4) is 0 Å². The van der Waals surface area contributed by atoms with Gasteiger partial charge >= 0.3 is 5.97 Å². The van der Waals surface area contributed by atoms with E-state index in [0.29, 0.717) is 18.2 Å². The number of hydrogen-bond donors (Lipinski definition) is 1. The molecule has 1 aliphatic carbocycles. The quantitative estimate of drug-likeness (QED) is 0.685. The number of carboxylic acid groups (broad SMARTS) is 1. The molecule has 5 nitrogen and oxygen atoms in total. The number of hydrazine groups is 1. The van der Waals surface area contributed by atoms with Gasteiger partial charge in [0.2, 0.25) is 6.54 Å². The lowest BCUT2D eigenvalue weighted by atomic mass is 9.81. The van der Waals surface area contributed by atoms with E-state index < -0.39 is 5.97 Å². The van der Waals surface area contributed by atoms with E-state index in [1.54, 1.807) is 23.2 Å². The number of carbonyl (C=O) groups is 1. The van der Waals surface area contributed by atoms with Crippen molar-refractivity contribution in [3.05, 3.63) is 45.9 Å². The molecule has 0 bridgehead atoms. The van der Waals surface area contributed by atoms with Crippen molar-refractivity contribution in [1.82, 2.24) is 0 Å². The fourth-order valence-electron chi connectivity index (χ4n) is 4.55. The monoisotopic (exact) mass is 403 g/mol. The van der Waals surface area contributed by atoms with Gasteiger partial charge in [-0.05, 0) is 48.9 Å². The number of hydrogen-bond acceptors (Lipinski definition) is 3. The fourth-order valence-corrected chi connectivity index (χ4v) is 5.53. The van der Waals surface area contributed by atoms with Crippen LogP contribution >= 0.6 is 11.3 Å². The van der Waals surface area contributed by atoms with Crippen LogP contribution in [0.15, 0.2) is 30.3 Å². The number of rotatable bonds is 4. The Kier molecular flexibility index (Phi) is 5.44. The van der Waals surface area contributed by atoms with Crippen molar-refractivity contribution < 1.29 is 19.2 Å². The number of nitrogens with zero attached hydrogens (tertiary/aromatic N) is 2. The second kappa shape index (κ2) is 7.99. The van der Waals surface area contributed by atoms with Crippen LogP contribution in [-0.4, -0.2) is 28.5 Å². The molecular weight excluding hydrogens is 379 g/mol. The average Bonchev–Trinajstić information content (AvgIpc) is 3.14. The van der Waals surface area contributed by atoms with Gasteiger partial charge in [-0.25, -0.2) is 9.18 Å². The van der Waals surface area contributed by atoms with Gasteiger partial charge in [-0.2, -0.15) is 0 Å². The van der Waals surface area contributed by atoms with Crippen molar-refractivity contribution in [2.24, 2.45) is 5.92 Å². The molecule has 1 aromatic carbocycles. The molecule has 1 aliphatic heterocycles. The van der Waals surface area contributed by atoms with Crippen LogP contribution in [-0.2, 0) is 0 Å². The number of benzene rings is 1. The Morgan fingerprint density at radius 1 is 1.11 bits per heavy atom. The summed E-state index contributed by atoms with van der Waals surface area (Å²) in [5.41, 5.74) is 1.23. The summed E-state index contributed by atoms with van der Waals surface area (Å²) in [5.74, 6) is -0.950. The molecule has 1 unspecified atom stereocenters. The lowest BCUT2D eigenvalue weighted by Crippen LogP contribution is -2.51. The Labute approximate surface area is 167 Å². The van der Waals surface area contributed by atoms with Gasteiger partial charge in [0.1, 0.15) is 21.3 Å². The van der Waals surface area contributed by atoms with Crippen LogP contribution in [0.1, 0.15) is 54.6 Å². The minimum atomic E-state index is -1.03. The molecule has 0 spiro atoms. The molecule has 148 valence electrons. The zero-order valence-corrected chi connectivity index (χ0v) is 16.5. The molecule has 28 heavy (non-hydrogen) atoms. The number of aromatic carboxylic acids is 1. The summed E-state index contributed by atoms with van der Waals surface area (Å²) in [6.45, 7) is 0.379. The van der Waals surface area contributed by atoms with Gasteiger partial charge in [0, 0.05) is 11.3 Å². The van der Waals surface area contributed by atoms with Crippen LogP contribution in [0.25, 0.3) is 10.4 Å². The number of anilines is 1. The number of nitroso groups, excluding NO2 is 1. The summed E-state index contributed by atoms with van der Waals surface area (Å²) in [7, 11) is 0. The molecule has 2 aromatic rings. The normalized spacial score (nSPS) is 21.1. The topological polar surface area (TPSA) is 60.6 Å². The fraction of sp³-hybridized carbons (Fsp3) is 0.476. The zero-order valence-electron chi connectivity index (χ0n) is 15.6. The molecule has 2 heterocycles. The molecule has 4 rings (SSSR count). The van der Waals surface area contributed by atoms with Crippen LogP contribution < -0.4 is 5.01 Å². The number of halogens is 1. The van der Waals surface area contributed by atoms with Gasteiger partial charge in [-0.1, -0.05) is 31.4 Å². The summed E-state index contributed by atoms with van der Waals surface area (Å²) in [6.07, 6.45) is 7.49. The first-order valence-corrected chi connectivity index (χ1v) is 10.7. The Morgan fingerprint density at radius 2 is 1.82 bits per heavy atom. The molecule has 1 N–H and O–H groups in total. The summed E-state index contributed by atoms with van der Waals surface area (Å²) in [6, 6.07) is 7.83. The third-order valence-corrected chi connectivity index (χ3v) is 7.04. The van der Waals surface area contributed by atoms with E-state index in [2.05, 4.69) is 0 Å². The highest BCUT2D eigenvalue weighted by Gasteiger charge is 2.43. The Balaban J connectivity index is 1.75. The predicted octanol–water partition coefficient (Wildman–Crippen LogP) is 5.50. The van der Waals surface area contributed by atoms with Gasteiger partial charge < -0.3 is 5.11 Å². The molecule has 2 aliphatic rings. The third-order valence-electron chi connectivity index (χ3n) is 5.88. The first-order chi connectivity index (χ1) is 13.5. The largest absolute Gasteiger partial charge is 0.477 e. The highest BCUT2D eigenvalue weighted by Crippen LogP contribution is 2.42. The lowest BCUT2D eigenvalue weighted by Gasteiger charge is -2.35. The van der Waals surface area contributed by atoms with Gasteiger partial charge in [0.15, 0.2) is 0 Å². The summed E-state index contributed by atoms with van der Waals surface area (Å²) in [4.78, 5) is 26.6. The first kappa shape index (κ1) is 19.1. The van der Waals surface area contributed by atoms with Crippen LogP contribution in [0, 0.1) is 16.6 Å². The van der Waals surface area contributed by atoms with E-state index in [9.17, 15) is 19.2 Å². The summed E-state index contributed by atoms with van der Waals surface area (Å²) in [5, 5.41) is 11.5. The maximum Gasteiger partial charge on any atom is 0.348 e.